The zero-order chi connectivity index (χ0) is 15.6. The molecule has 1 N–H and O–H groups in total. The number of hydrogen-bond acceptors (Lipinski definition) is 5. The van der Waals surface area contributed by atoms with Crippen molar-refractivity contribution >= 4 is 0 Å². The van der Waals surface area contributed by atoms with Crippen LogP contribution in [0, 0.1) is 12.3 Å². The molecule has 1 atom stereocenters. The highest BCUT2D eigenvalue weighted by molar-refractivity contribution is 5.64. The van der Waals surface area contributed by atoms with Crippen molar-refractivity contribution in [1.29, 1.82) is 0 Å². The fourth-order valence-corrected chi connectivity index (χ4v) is 2.16. The van der Waals surface area contributed by atoms with Gasteiger partial charge in [-0.2, -0.15) is 4.98 Å². The van der Waals surface area contributed by atoms with E-state index in [1.165, 1.54) is 0 Å². The molecular weight excluding hydrogens is 268 g/mol. The van der Waals surface area contributed by atoms with Gasteiger partial charge in [0.1, 0.15) is 11.9 Å². The van der Waals surface area contributed by atoms with Crippen molar-refractivity contribution in [2.75, 3.05) is 6.61 Å². The smallest absolute Gasteiger partial charge is 0.261 e. The van der Waals surface area contributed by atoms with E-state index >= 15 is 0 Å². The van der Waals surface area contributed by atoms with Crippen molar-refractivity contribution in [3.8, 4) is 17.2 Å². The van der Waals surface area contributed by atoms with Crippen molar-refractivity contribution in [3.63, 3.8) is 0 Å². The van der Waals surface area contributed by atoms with Gasteiger partial charge in [-0.25, -0.2) is 0 Å². The number of phenolic OH excluding ortho intramolecular Hbond substituents is 1. The summed E-state index contributed by atoms with van der Waals surface area (Å²) in [7, 11) is 0. The van der Waals surface area contributed by atoms with E-state index in [1.807, 2.05) is 26.0 Å². The molecule has 0 spiro atoms. The number of aromatic hydroxyl groups is 1. The maximum Gasteiger partial charge on any atom is 0.261 e. The molecule has 0 amide bonds. The Labute approximate surface area is 125 Å². The monoisotopic (exact) mass is 290 g/mol. The third-order valence-electron chi connectivity index (χ3n) is 3.26. The summed E-state index contributed by atoms with van der Waals surface area (Å²) in [5.74, 6) is 0.969. The number of para-hydroxylation sites is 1. The van der Waals surface area contributed by atoms with Gasteiger partial charge in [-0.15, -0.1) is 0 Å². The van der Waals surface area contributed by atoms with Crippen LogP contribution in [0.2, 0.25) is 0 Å². The van der Waals surface area contributed by atoms with Crippen LogP contribution >= 0.6 is 0 Å². The number of aryl methyl sites for hydroxylation is 1. The highest BCUT2D eigenvalue weighted by Crippen LogP contribution is 2.36. The van der Waals surface area contributed by atoms with E-state index in [2.05, 4.69) is 30.9 Å². The lowest BCUT2D eigenvalue weighted by atomic mass is 9.88. The van der Waals surface area contributed by atoms with Crippen LogP contribution < -0.4 is 0 Å². The van der Waals surface area contributed by atoms with Crippen LogP contribution in [0.4, 0.5) is 0 Å². The highest BCUT2D eigenvalue weighted by atomic mass is 16.5. The maximum atomic E-state index is 10.1. The predicted molar refractivity (Wildman–Crippen MR) is 80.0 cm³/mol. The molecule has 0 fully saturated rings. The minimum Gasteiger partial charge on any atom is -0.507 e. The summed E-state index contributed by atoms with van der Waals surface area (Å²) in [5, 5.41) is 14.1. The Bertz CT molecular complexity index is 614. The molecule has 5 nitrogen and oxygen atoms in total. The zero-order valence-corrected chi connectivity index (χ0v) is 13.2. The fraction of sp³-hybridized carbons (Fsp3) is 0.500. The Morgan fingerprint density at radius 3 is 2.67 bits per heavy atom. The van der Waals surface area contributed by atoms with Gasteiger partial charge in [0.2, 0.25) is 5.82 Å². The van der Waals surface area contributed by atoms with Gasteiger partial charge in [0, 0.05) is 6.61 Å². The summed E-state index contributed by atoms with van der Waals surface area (Å²) in [6.07, 6.45) is -0.257. The summed E-state index contributed by atoms with van der Waals surface area (Å²) in [6.45, 7) is 10.5. The molecule has 2 aromatic rings. The van der Waals surface area contributed by atoms with E-state index in [0.29, 0.717) is 23.9 Å². The lowest BCUT2D eigenvalue weighted by Gasteiger charge is -2.27. The van der Waals surface area contributed by atoms with Crippen LogP contribution in [0.25, 0.3) is 11.5 Å². The molecule has 21 heavy (non-hydrogen) atoms. The molecule has 1 aromatic heterocycles. The number of aromatic nitrogens is 2. The first-order chi connectivity index (χ1) is 9.84. The van der Waals surface area contributed by atoms with E-state index in [0.717, 1.165) is 5.56 Å². The first-order valence-corrected chi connectivity index (χ1v) is 7.08. The van der Waals surface area contributed by atoms with Crippen LogP contribution in [-0.4, -0.2) is 21.9 Å². The van der Waals surface area contributed by atoms with Gasteiger partial charge in [0.25, 0.3) is 5.89 Å². The average molecular weight is 290 g/mol. The Morgan fingerprint density at radius 2 is 2.05 bits per heavy atom. The molecule has 0 aliphatic carbocycles. The molecule has 0 bridgehead atoms. The third-order valence-corrected chi connectivity index (χ3v) is 3.26. The first-order valence-electron chi connectivity index (χ1n) is 7.08. The van der Waals surface area contributed by atoms with E-state index < -0.39 is 0 Å². The van der Waals surface area contributed by atoms with E-state index in [9.17, 15) is 5.11 Å². The molecule has 0 aliphatic rings. The van der Waals surface area contributed by atoms with Crippen molar-refractivity contribution in [3.05, 3.63) is 29.6 Å². The van der Waals surface area contributed by atoms with E-state index in [1.54, 1.807) is 6.07 Å². The molecule has 1 unspecified atom stereocenters. The van der Waals surface area contributed by atoms with Gasteiger partial charge in [-0.3, -0.25) is 0 Å². The summed E-state index contributed by atoms with van der Waals surface area (Å²) >= 11 is 0. The Hall–Kier alpha value is -1.88. The van der Waals surface area contributed by atoms with Gasteiger partial charge in [-0.1, -0.05) is 38.1 Å². The molecule has 1 aromatic carbocycles. The highest BCUT2D eigenvalue weighted by Gasteiger charge is 2.31. The Balaban J connectivity index is 2.39. The number of phenols is 1. The quantitative estimate of drug-likeness (QED) is 0.925. The second-order valence-corrected chi connectivity index (χ2v) is 6.13. The van der Waals surface area contributed by atoms with Crippen molar-refractivity contribution in [2.24, 2.45) is 5.41 Å². The van der Waals surface area contributed by atoms with Crippen LogP contribution in [-0.2, 0) is 4.74 Å². The minimum absolute atomic E-state index is 0.147. The van der Waals surface area contributed by atoms with E-state index in [4.69, 9.17) is 9.26 Å². The van der Waals surface area contributed by atoms with Crippen LogP contribution in [0.1, 0.15) is 45.2 Å². The normalized spacial score (nSPS) is 13.4. The van der Waals surface area contributed by atoms with Gasteiger partial charge in [0.15, 0.2) is 0 Å². The Kier molecular flexibility index (Phi) is 4.32. The maximum absolute atomic E-state index is 10.1. The number of benzene rings is 1. The fourth-order valence-electron chi connectivity index (χ4n) is 2.16. The van der Waals surface area contributed by atoms with Gasteiger partial charge in [0.05, 0.1) is 5.56 Å². The van der Waals surface area contributed by atoms with Crippen molar-refractivity contribution in [2.45, 2.75) is 40.7 Å². The SMILES string of the molecule is CCOC(c1noc(-c2cccc(C)c2O)n1)C(C)(C)C. The summed E-state index contributed by atoms with van der Waals surface area (Å²) < 4.78 is 11.1. The summed E-state index contributed by atoms with van der Waals surface area (Å²) in [6, 6.07) is 5.43. The van der Waals surface area contributed by atoms with Gasteiger partial charge < -0.3 is 14.4 Å². The molecule has 0 saturated heterocycles. The standard InChI is InChI=1S/C16H22N2O3/c1-6-20-13(16(3,4)5)14-17-15(21-18-14)11-9-7-8-10(2)12(11)19/h7-9,13,19H,6H2,1-5H3. The number of nitrogens with zero attached hydrogens (tertiary/aromatic N) is 2. The molecule has 114 valence electrons. The van der Waals surface area contributed by atoms with Gasteiger partial charge >= 0.3 is 0 Å². The van der Waals surface area contributed by atoms with Crippen LogP contribution in [0.5, 0.6) is 5.75 Å². The zero-order valence-electron chi connectivity index (χ0n) is 13.2. The van der Waals surface area contributed by atoms with Gasteiger partial charge in [-0.05, 0) is 30.9 Å². The second kappa shape index (κ2) is 5.85. The molecule has 1 heterocycles. The number of hydrogen-bond donors (Lipinski definition) is 1. The molecule has 0 radical (unpaired) electrons. The predicted octanol–water partition coefficient (Wildman–Crippen LogP) is 3.87. The topological polar surface area (TPSA) is 68.4 Å². The largest absolute Gasteiger partial charge is 0.507 e. The number of rotatable bonds is 4. The minimum atomic E-state index is -0.257. The summed E-state index contributed by atoms with van der Waals surface area (Å²) in [4.78, 5) is 4.41. The van der Waals surface area contributed by atoms with Crippen LogP contribution in [0.3, 0.4) is 0 Å². The second-order valence-electron chi connectivity index (χ2n) is 6.13. The van der Waals surface area contributed by atoms with Crippen molar-refractivity contribution < 1.29 is 14.4 Å². The molecule has 0 aliphatic heterocycles. The first kappa shape index (κ1) is 15.5. The number of ether oxygens (including phenoxy) is 1. The molecule has 5 heteroatoms. The average Bonchev–Trinajstić information content (AvgIpc) is 2.87. The molecule has 2 rings (SSSR count). The lowest BCUT2D eigenvalue weighted by molar-refractivity contribution is -0.0203. The Morgan fingerprint density at radius 1 is 1.33 bits per heavy atom. The molecular formula is C16H22N2O3. The lowest BCUT2D eigenvalue weighted by Crippen LogP contribution is -2.22. The third kappa shape index (κ3) is 3.24. The van der Waals surface area contributed by atoms with Crippen LogP contribution in [0.15, 0.2) is 22.7 Å². The molecule has 0 saturated carbocycles. The summed E-state index contributed by atoms with van der Waals surface area (Å²) in [5.41, 5.74) is 1.16. The van der Waals surface area contributed by atoms with E-state index in [-0.39, 0.29) is 17.3 Å². The van der Waals surface area contributed by atoms with Crippen molar-refractivity contribution in [1.82, 2.24) is 10.1 Å².